The Bertz CT molecular complexity index is 1510. The van der Waals surface area contributed by atoms with Crippen molar-refractivity contribution in [2.75, 3.05) is 4.90 Å². The van der Waals surface area contributed by atoms with E-state index in [4.69, 9.17) is 0 Å². The first-order valence-electron chi connectivity index (χ1n) is 12.3. The SMILES string of the molecule is CC[C@]12C(=O)[C@](C)(C(c3ccccc3)=C1c1ccccc1)[C@@H]1C(=O)N(c3ccc([N+](=O)[O-])cc3)C(=O)[C@@H]12. The van der Waals surface area contributed by atoms with Crippen molar-refractivity contribution in [1.29, 1.82) is 0 Å². The second-order valence-electron chi connectivity index (χ2n) is 10.1. The van der Waals surface area contributed by atoms with Crippen LogP contribution in [0.2, 0.25) is 0 Å². The summed E-state index contributed by atoms with van der Waals surface area (Å²) >= 11 is 0. The third kappa shape index (κ3) is 2.74. The van der Waals surface area contributed by atoms with Crippen LogP contribution >= 0.6 is 0 Å². The molecule has 3 aromatic carbocycles. The molecule has 3 aliphatic rings. The number of hydrogen-bond acceptors (Lipinski definition) is 5. The van der Waals surface area contributed by atoms with E-state index in [0.29, 0.717) is 6.42 Å². The summed E-state index contributed by atoms with van der Waals surface area (Å²) in [5, 5.41) is 11.1. The molecule has 0 spiro atoms. The van der Waals surface area contributed by atoms with Crippen molar-refractivity contribution in [3.05, 3.63) is 106 Å². The lowest BCUT2D eigenvalue weighted by Crippen LogP contribution is -2.41. The third-order valence-electron chi connectivity index (χ3n) is 8.55. The number of hydrogen-bond donors (Lipinski definition) is 0. The Balaban J connectivity index is 1.60. The Kier molecular flexibility index (Phi) is 4.86. The van der Waals surface area contributed by atoms with E-state index in [9.17, 15) is 24.5 Å². The lowest BCUT2D eigenvalue weighted by molar-refractivity contribution is -0.384. The van der Waals surface area contributed by atoms with E-state index in [0.717, 1.165) is 27.2 Å². The summed E-state index contributed by atoms with van der Waals surface area (Å²) < 4.78 is 0. The molecule has 0 radical (unpaired) electrons. The molecule has 0 aromatic heterocycles. The minimum absolute atomic E-state index is 0.0831. The monoisotopic (exact) mass is 492 g/mol. The molecule has 4 atom stereocenters. The summed E-state index contributed by atoms with van der Waals surface area (Å²) in [5.74, 6) is -2.65. The molecule has 2 fully saturated rings. The third-order valence-corrected chi connectivity index (χ3v) is 8.55. The van der Waals surface area contributed by atoms with Crippen LogP contribution < -0.4 is 4.90 Å². The van der Waals surface area contributed by atoms with Gasteiger partial charge in [0, 0.05) is 12.1 Å². The van der Waals surface area contributed by atoms with Crippen LogP contribution in [0.25, 0.3) is 11.1 Å². The highest BCUT2D eigenvalue weighted by Gasteiger charge is 2.79. The number of nitrogens with zero attached hydrogens (tertiary/aromatic N) is 2. The maximum atomic E-state index is 14.4. The summed E-state index contributed by atoms with van der Waals surface area (Å²) in [5.41, 5.74) is 1.15. The molecule has 2 amide bonds. The fraction of sp³-hybridized carbons (Fsp3) is 0.233. The minimum Gasteiger partial charge on any atom is -0.298 e. The van der Waals surface area contributed by atoms with Crippen molar-refractivity contribution < 1.29 is 19.3 Å². The summed E-state index contributed by atoms with van der Waals surface area (Å²) in [6.45, 7) is 3.72. The zero-order valence-corrected chi connectivity index (χ0v) is 20.4. The second-order valence-corrected chi connectivity index (χ2v) is 10.1. The minimum atomic E-state index is -1.20. The highest BCUT2D eigenvalue weighted by molar-refractivity contribution is 6.34. The van der Waals surface area contributed by atoms with E-state index in [1.165, 1.54) is 24.3 Å². The lowest BCUT2D eigenvalue weighted by Gasteiger charge is -2.37. The van der Waals surface area contributed by atoms with Gasteiger partial charge in [-0.1, -0.05) is 67.6 Å². The normalized spacial score (nSPS) is 28.3. The topological polar surface area (TPSA) is 97.6 Å². The van der Waals surface area contributed by atoms with Gasteiger partial charge in [-0.05, 0) is 47.8 Å². The molecule has 1 heterocycles. The van der Waals surface area contributed by atoms with E-state index in [2.05, 4.69) is 0 Å². The van der Waals surface area contributed by atoms with Crippen LogP contribution in [-0.4, -0.2) is 22.5 Å². The van der Waals surface area contributed by atoms with Crippen LogP contribution in [0.4, 0.5) is 11.4 Å². The van der Waals surface area contributed by atoms with Crippen LogP contribution in [0.15, 0.2) is 84.9 Å². The summed E-state index contributed by atoms with van der Waals surface area (Å²) in [6.07, 6.45) is 0.371. The number of anilines is 1. The smallest absolute Gasteiger partial charge is 0.269 e. The highest BCUT2D eigenvalue weighted by Crippen LogP contribution is 2.74. The fourth-order valence-corrected chi connectivity index (χ4v) is 7.11. The van der Waals surface area contributed by atoms with Crippen LogP contribution in [0, 0.1) is 32.8 Å². The largest absolute Gasteiger partial charge is 0.298 e. The number of nitro benzene ring substituents is 1. The molecule has 37 heavy (non-hydrogen) atoms. The number of amides is 2. The van der Waals surface area contributed by atoms with Crippen LogP contribution in [0.3, 0.4) is 0 Å². The van der Waals surface area contributed by atoms with Crippen molar-refractivity contribution in [2.45, 2.75) is 20.3 Å². The van der Waals surface area contributed by atoms with Crippen molar-refractivity contribution in [1.82, 2.24) is 0 Å². The first-order chi connectivity index (χ1) is 17.8. The molecule has 7 nitrogen and oxygen atoms in total. The van der Waals surface area contributed by atoms with E-state index in [1.807, 2.05) is 74.5 Å². The average Bonchev–Trinajstić information content (AvgIpc) is 3.39. The van der Waals surface area contributed by atoms with Gasteiger partial charge in [-0.3, -0.25) is 24.5 Å². The quantitative estimate of drug-likeness (QED) is 0.273. The van der Waals surface area contributed by atoms with Gasteiger partial charge in [0.15, 0.2) is 5.78 Å². The number of carbonyl (C=O) groups is 3. The van der Waals surface area contributed by atoms with Gasteiger partial charge < -0.3 is 0 Å². The Morgan fingerprint density at radius 3 is 1.81 bits per heavy atom. The van der Waals surface area contributed by atoms with Gasteiger partial charge in [-0.2, -0.15) is 0 Å². The van der Waals surface area contributed by atoms with Crippen molar-refractivity contribution in [2.24, 2.45) is 22.7 Å². The number of Topliss-reactive ketones (excluding diaryl/α,β-unsaturated/α-hetero) is 1. The number of benzene rings is 3. The van der Waals surface area contributed by atoms with E-state index >= 15 is 0 Å². The maximum Gasteiger partial charge on any atom is 0.269 e. The zero-order chi connectivity index (χ0) is 26.1. The molecule has 0 N–H and O–H groups in total. The molecule has 2 bridgehead atoms. The van der Waals surface area contributed by atoms with Crippen LogP contribution in [0.1, 0.15) is 31.4 Å². The van der Waals surface area contributed by atoms with E-state index in [-0.39, 0.29) is 17.2 Å². The second kappa shape index (κ2) is 7.80. The van der Waals surface area contributed by atoms with Gasteiger partial charge >= 0.3 is 0 Å². The zero-order valence-electron chi connectivity index (χ0n) is 20.4. The number of allylic oxidation sites excluding steroid dienone is 2. The number of fused-ring (bicyclic) bond motifs is 5. The van der Waals surface area contributed by atoms with Crippen molar-refractivity contribution >= 4 is 40.1 Å². The predicted molar refractivity (Wildman–Crippen MR) is 138 cm³/mol. The van der Waals surface area contributed by atoms with Gasteiger partial charge in [0.05, 0.1) is 33.3 Å². The molecule has 7 heteroatoms. The maximum absolute atomic E-state index is 14.4. The van der Waals surface area contributed by atoms with Gasteiger partial charge in [0.1, 0.15) is 0 Å². The van der Waals surface area contributed by atoms with Gasteiger partial charge in [0.2, 0.25) is 11.8 Å². The first kappa shape index (κ1) is 23.0. The molecule has 184 valence electrons. The van der Waals surface area contributed by atoms with Crippen LogP contribution in [0.5, 0.6) is 0 Å². The number of rotatable bonds is 5. The number of ketones is 1. The van der Waals surface area contributed by atoms with Crippen molar-refractivity contribution in [3.63, 3.8) is 0 Å². The molecule has 3 aromatic rings. The fourth-order valence-electron chi connectivity index (χ4n) is 7.11. The number of carbonyl (C=O) groups excluding carboxylic acids is 3. The molecule has 1 aliphatic heterocycles. The summed E-state index contributed by atoms with van der Waals surface area (Å²) in [6, 6.07) is 24.7. The van der Waals surface area contributed by atoms with E-state index < -0.39 is 39.4 Å². The molecule has 1 saturated carbocycles. The molecule has 2 aliphatic carbocycles. The highest BCUT2D eigenvalue weighted by atomic mass is 16.6. The van der Waals surface area contributed by atoms with Crippen molar-refractivity contribution in [3.8, 4) is 0 Å². The van der Waals surface area contributed by atoms with Gasteiger partial charge in [-0.25, -0.2) is 4.90 Å². The molecule has 1 saturated heterocycles. The van der Waals surface area contributed by atoms with Gasteiger partial charge in [0.25, 0.3) is 5.69 Å². The summed E-state index contributed by atoms with van der Waals surface area (Å²) in [4.78, 5) is 54.3. The average molecular weight is 493 g/mol. The molecule has 0 unspecified atom stereocenters. The van der Waals surface area contributed by atoms with E-state index in [1.54, 1.807) is 0 Å². The summed E-state index contributed by atoms with van der Waals surface area (Å²) in [7, 11) is 0. The number of imide groups is 1. The van der Waals surface area contributed by atoms with Gasteiger partial charge in [-0.15, -0.1) is 0 Å². The Labute approximate surface area is 213 Å². The number of nitro groups is 1. The standard InChI is InChI=1S/C30H24N2O5/c1-3-30-23(19-12-8-5-9-13-19)22(18-10-6-4-7-11-18)29(2,28(30)35)24-25(30)27(34)31(26(24)33)20-14-16-21(17-15-20)32(36)37/h4-17,24-25H,3H2,1-2H3/t24-,25+,29+,30-/m0/s1. The Morgan fingerprint density at radius 2 is 1.30 bits per heavy atom. The van der Waals surface area contributed by atoms with Crippen LogP contribution in [-0.2, 0) is 14.4 Å². The number of non-ortho nitro benzene ring substituents is 1. The molecular weight excluding hydrogens is 468 g/mol. The lowest BCUT2D eigenvalue weighted by atomic mass is 9.62. The Morgan fingerprint density at radius 1 is 0.784 bits per heavy atom. The molecular formula is C30H24N2O5. The first-order valence-corrected chi connectivity index (χ1v) is 12.3. The Hall–Kier alpha value is -4.39. The molecule has 6 rings (SSSR count). The predicted octanol–water partition coefficient (Wildman–Crippen LogP) is 5.31.